The van der Waals surface area contributed by atoms with Gasteiger partial charge in [-0.05, 0) is 25.1 Å². The molecular formula is C15H20N2O4. The lowest BCUT2D eigenvalue weighted by atomic mass is 10.1. The van der Waals surface area contributed by atoms with Crippen molar-refractivity contribution in [3.05, 3.63) is 23.8 Å². The van der Waals surface area contributed by atoms with Crippen LogP contribution in [0.3, 0.4) is 0 Å². The molecule has 0 saturated carbocycles. The summed E-state index contributed by atoms with van der Waals surface area (Å²) in [5.41, 5.74) is 6.26. The quantitative estimate of drug-likeness (QED) is 0.866. The van der Waals surface area contributed by atoms with E-state index in [-0.39, 0.29) is 18.1 Å². The molecule has 1 fully saturated rings. The summed E-state index contributed by atoms with van der Waals surface area (Å²) >= 11 is 0. The van der Waals surface area contributed by atoms with Crippen molar-refractivity contribution in [3.63, 3.8) is 0 Å². The summed E-state index contributed by atoms with van der Waals surface area (Å²) in [4.78, 5) is 14.4. The fraction of sp³-hybridized carbons (Fsp3) is 0.533. The Morgan fingerprint density at radius 3 is 2.81 bits per heavy atom. The van der Waals surface area contributed by atoms with E-state index in [9.17, 15) is 4.79 Å². The zero-order valence-electron chi connectivity index (χ0n) is 12.1. The number of ether oxygens (including phenoxy) is 3. The molecule has 1 aromatic rings. The molecule has 6 heteroatoms. The van der Waals surface area contributed by atoms with Gasteiger partial charge >= 0.3 is 0 Å². The number of nitrogens with zero attached hydrogens (tertiary/aromatic N) is 1. The Balaban J connectivity index is 1.78. The topological polar surface area (TPSA) is 74.0 Å². The maximum Gasteiger partial charge on any atom is 0.254 e. The fourth-order valence-corrected chi connectivity index (χ4v) is 2.70. The minimum absolute atomic E-state index is 0.00606. The van der Waals surface area contributed by atoms with Crippen molar-refractivity contribution in [2.45, 2.75) is 19.1 Å². The molecular weight excluding hydrogens is 272 g/mol. The lowest BCUT2D eigenvalue weighted by Gasteiger charge is -2.36. The highest BCUT2D eigenvalue weighted by Gasteiger charge is 2.28. The molecule has 2 unspecified atom stereocenters. The first-order chi connectivity index (χ1) is 10.2. The predicted molar refractivity (Wildman–Crippen MR) is 76.7 cm³/mol. The van der Waals surface area contributed by atoms with Crippen molar-refractivity contribution in [2.24, 2.45) is 5.73 Å². The van der Waals surface area contributed by atoms with Crippen LogP contribution >= 0.6 is 0 Å². The van der Waals surface area contributed by atoms with Gasteiger partial charge < -0.3 is 24.8 Å². The zero-order valence-corrected chi connectivity index (χ0v) is 12.1. The molecule has 0 aromatic heterocycles. The molecule has 21 heavy (non-hydrogen) atoms. The molecule has 0 radical (unpaired) electrons. The van der Waals surface area contributed by atoms with Crippen molar-refractivity contribution in [1.29, 1.82) is 0 Å². The van der Waals surface area contributed by atoms with E-state index in [0.717, 1.165) is 0 Å². The number of rotatable bonds is 2. The Hall–Kier alpha value is -1.79. The first-order valence-electron chi connectivity index (χ1n) is 7.22. The molecule has 0 bridgehead atoms. The third-order valence-electron chi connectivity index (χ3n) is 3.67. The summed E-state index contributed by atoms with van der Waals surface area (Å²) in [6, 6.07) is 5.30. The molecule has 1 amide bonds. The number of amides is 1. The number of fused-ring (bicyclic) bond motifs is 1. The minimum atomic E-state index is -0.102. The van der Waals surface area contributed by atoms with Gasteiger partial charge in [0.25, 0.3) is 5.91 Å². The molecule has 1 saturated heterocycles. The number of carbonyl (C=O) groups is 1. The van der Waals surface area contributed by atoms with Gasteiger partial charge in [0.1, 0.15) is 13.2 Å². The maximum atomic E-state index is 12.6. The highest BCUT2D eigenvalue weighted by atomic mass is 16.6. The number of benzene rings is 1. The Morgan fingerprint density at radius 1 is 1.29 bits per heavy atom. The normalized spacial score (nSPS) is 24.8. The third kappa shape index (κ3) is 2.96. The number of hydrogen-bond acceptors (Lipinski definition) is 5. The zero-order chi connectivity index (χ0) is 14.8. The van der Waals surface area contributed by atoms with Crippen molar-refractivity contribution in [2.75, 3.05) is 32.8 Å². The first-order valence-corrected chi connectivity index (χ1v) is 7.22. The van der Waals surface area contributed by atoms with Crippen LogP contribution in [0.25, 0.3) is 0 Å². The molecule has 2 N–H and O–H groups in total. The Labute approximate surface area is 123 Å². The van der Waals surface area contributed by atoms with Crippen molar-refractivity contribution in [1.82, 2.24) is 4.90 Å². The van der Waals surface area contributed by atoms with Gasteiger partial charge in [-0.25, -0.2) is 0 Å². The summed E-state index contributed by atoms with van der Waals surface area (Å²) in [7, 11) is 0. The Kier molecular flexibility index (Phi) is 3.98. The predicted octanol–water partition coefficient (Wildman–Crippen LogP) is 0.646. The summed E-state index contributed by atoms with van der Waals surface area (Å²) in [6.45, 7) is 4.51. The van der Waals surface area contributed by atoms with Gasteiger partial charge in [-0.2, -0.15) is 0 Å². The van der Waals surface area contributed by atoms with E-state index in [4.69, 9.17) is 19.9 Å². The van der Waals surface area contributed by atoms with E-state index in [1.165, 1.54) is 0 Å². The summed E-state index contributed by atoms with van der Waals surface area (Å²) in [5.74, 6) is 1.29. The Morgan fingerprint density at radius 2 is 2.05 bits per heavy atom. The van der Waals surface area contributed by atoms with E-state index in [0.29, 0.717) is 49.9 Å². The molecule has 3 rings (SSSR count). The standard InChI is InChI=1S/C15H20N2O4/c1-10-8-17(9-12(7-16)21-10)15(18)11-2-3-13-14(6-11)20-5-4-19-13/h2-3,6,10,12H,4-5,7-9,16H2,1H3. The molecule has 2 atom stereocenters. The van der Waals surface area contributed by atoms with Crippen LogP contribution in [0.15, 0.2) is 18.2 Å². The fourth-order valence-electron chi connectivity index (χ4n) is 2.70. The molecule has 6 nitrogen and oxygen atoms in total. The van der Waals surface area contributed by atoms with Crippen LogP contribution in [0.5, 0.6) is 11.5 Å². The van der Waals surface area contributed by atoms with Crippen LogP contribution in [0.1, 0.15) is 17.3 Å². The van der Waals surface area contributed by atoms with E-state index in [1.54, 1.807) is 23.1 Å². The largest absolute Gasteiger partial charge is 0.486 e. The first kappa shape index (κ1) is 14.2. The lowest BCUT2D eigenvalue weighted by molar-refractivity contribution is -0.0625. The van der Waals surface area contributed by atoms with Crippen molar-refractivity contribution >= 4 is 5.91 Å². The van der Waals surface area contributed by atoms with Gasteiger partial charge in [-0.3, -0.25) is 4.79 Å². The van der Waals surface area contributed by atoms with E-state index in [1.807, 2.05) is 6.92 Å². The van der Waals surface area contributed by atoms with Crippen LogP contribution < -0.4 is 15.2 Å². The number of nitrogens with two attached hydrogens (primary N) is 1. The molecule has 2 heterocycles. The second-order valence-electron chi connectivity index (χ2n) is 5.37. The van der Waals surface area contributed by atoms with Crippen LogP contribution in [-0.2, 0) is 4.74 Å². The van der Waals surface area contributed by atoms with Crippen LogP contribution in [0.2, 0.25) is 0 Å². The summed E-state index contributed by atoms with van der Waals surface area (Å²) < 4.78 is 16.7. The maximum absolute atomic E-state index is 12.6. The molecule has 2 aliphatic heterocycles. The third-order valence-corrected chi connectivity index (χ3v) is 3.67. The van der Waals surface area contributed by atoms with Gasteiger partial charge in [-0.1, -0.05) is 0 Å². The van der Waals surface area contributed by atoms with Gasteiger partial charge in [0.05, 0.1) is 12.2 Å². The average Bonchev–Trinajstić information content (AvgIpc) is 2.53. The number of hydrogen-bond donors (Lipinski definition) is 1. The highest BCUT2D eigenvalue weighted by Crippen LogP contribution is 2.31. The SMILES string of the molecule is CC1CN(C(=O)c2ccc3c(c2)OCCO3)CC(CN)O1. The average molecular weight is 292 g/mol. The van der Waals surface area contributed by atoms with Gasteiger partial charge in [0.15, 0.2) is 11.5 Å². The highest BCUT2D eigenvalue weighted by molar-refractivity contribution is 5.95. The van der Waals surface area contributed by atoms with Gasteiger partial charge in [-0.15, -0.1) is 0 Å². The van der Waals surface area contributed by atoms with Gasteiger partial charge in [0.2, 0.25) is 0 Å². The number of morpholine rings is 1. The van der Waals surface area contributed by atoms with E-state index >= 15 is 0 Å². The molecule has 114 valence electrons. The monoisotopic (exact) mass is 292 g/mol. The second kappa shape index (κ2) is 5.91. The second-order valence-corrected chi connectivity index (χ2v) is 5.37. The number of carbonyl (C=O) groups excluding carboxylic acids is 1. The van der Waals surface area contributed by atoms with Crippen molar-refractivity contribution in [3.8, 4) is 11.5 Å². The van der Waals surface area contributed by atoms with Gasteiger partial charge in [0, 0.05) is 25.2 Å². The molecule has 1 aromatic carbocycles. The Bertz CT molecular complexity index is 534. The van der Waals surface area contributed by atoms with Crippen LogP contribution in [0, 0.1) is 0 Å². The van der Waals surface area contributed by atoms with Crippen LogP contribution in [-0.4, -0.2) is 55.9 Å². The molecule has 0 spiro atoms. The van der Waals surface area contributed by atoms with Crippen LogP contribution in [0.4, 0.5) is 0 Å². The molecule has 0 aliphatic carbocycles. The summed E-state index contributed by atoms with van der Waals surface area (Å²) in [5, 5.41) is 0. The van der Waals surface area contributed by atoms with E-state index < -0.39 is 0 Å². The smallest absolute Gasteiger partial charge is 0.254 e. The minimum Gasteiger partial charge on any atom is -0.486 e. The van der Waals surface area contributed by atoms with Crippen molar-refractivity contribution < 1.29 is 19.0 Å². The van der Waals surface area contributed by atoms with E-state index in [2.05, 4.69) is 0 Å². The molecule has 2 aliphatic rings. The summed E-state index contributed by atoms with van der Waals surface area (Å²) in [6.07, 6.45) is -0.108. The lowest BCUT2D eigenvalue weighted by Crippen LogP contribution is -2.51.